The third-order valence-corrected chi connectivity index (χ3v) is 9.51. The van der Waals surface area contributed by atoms with Gasteiger partial charge in [0.15, 0.2) is 0 Å². The van der Waals surface area contributed by atoms with Crippen LogP contribution >= 0.6 is 0 Å². The minimum Gasteiger partial charge on any atom is -1.00 e. The van der Waals surface area contributed by atoms with Gasteiger partial charge in [-0.25, -0.2) is 0 Å². The van der Waals surface area contributed by atoms with Crippen molar-refractivity contribution in [2.24, 2.45) is 0 Å². The molecule has 3 heteroatoms. The fourth-order valence-electron chi connectivity index (χ4n) is 6.27. The van der Waals surface area contributed by atoms with Crippen molar-refractivity contribution in [3.8, 4) is 0 Å². The Labute approximate surface area is 290 Å². The Hall–Kier alpha value is -2.83. The monoisotopic (exact) mass is 688 g/mol. The van der Waals surface area contributed by atoms with Crippen LogP contribution in [0.5, 0.6) is 0 Å². The number of halogens is 2. The molecule has 0 N–H and O–H groups in total. The Kier molecular flexibility index (Phi) is 12.3. The molecule has 8 rings (SSSR count). The van der Waals surface area contributed by atoms with Crippen molar-refractivity contribution in [2.45, 2.75) is 52.4 Å². The standard InChI is InChI=1S/2C17H11.C7H14.2ClH.Zr/c2*1-2-6-15-12(4-1)8-10-14-11-9-13-5-3-7-16(13)17(14)15;1-3-5-7-6-4-2;;;/h2*1-6,8-10H,11H2;3-6H2,1-2H3;2*1H;/q2*-1;;;;+2/p-2. The molecular formula is C41H36Cl2Zr-2. The van der Waals surface area contributed by atoms with Gasteiger partial charge in [0.25, 0.3) is 0 Å². The molecule has 0 nitrogen and oxygen atoms in total. The summed E-state index contributed by atoms with van der Waals surface area (Å²) in [5, 5.41) is 5.33. The molecule has 0 bridgehead atoms. The zero-order valence-corrected chi connectivity index (χ0v) is 29.4. The summed E-state index contributed by atoms with van der Waals surface area (Å²) in [6.45, 7) is 4.50. The topological polar surface area (TPSA) is 0 Å². The number of allylic oxidation sites excluding steroid dienone is 12. The van der Waals surface area contributed by atoms with Crippen LogP contribution < -0.4 is 24.8 Å². The number of rotatable bonds is 4. The average Bonchev–Trinajstić information content (AvgIpc) is 3.71. The third-order valence-electron chi connectivity index (χ3n) is 8.28. The van der Waals surface area contributed by atoms with Crippen LogP contribution in [0.2, 0.25) is 0 Å². The Balaban J connectivity index is 0.000000158. The maximum Gasteiger partial charge on any atom is -0.0263 e. The zero-order valence-electron chi connectivity index (χ0n) is 25.4. The van der Waals surface area contributed by atoms with Crippen molar-refractivity contribution in [1.82, 2.24) is 0 Å². The molecule has 0 aliphatic heterocycles. The molecule has 220 valence electrons. The van der Waals surface area contributed by atoms with Crippen LogP contribution in [0, 0.1) is 12.2 Å². The summed E-state index contributed by atoms with van der Waals surface area (Å²) in [4.78, 5) is 0. The van der Waals surface area contributed by atoms with E-state index in [9.17, 15) is 0 Å². The Morgan fingerprint density at radius 1 is 0.614 bits per heavy atom. The van der Waals surface area contributed by atoms with Gasteiger partial charge in [-0.3, -0.25) is 0 Å². The van der Waals surface area contributed by atoms with Crippen LogP contribution in [0.15, 0.2) is 120 Å². The normalized spacial score (nSPS) is 14.5. The van der Waals surface area contributed by atoms with Gasteiger partial charge in [-0.1, -0.05) is 106 Å². The quantitative estimate of drug-likeness (QED) is 0.278. The van der Waals surface area contributed by atoms with E-state index < -0.39 is 0 Å². The van der Waals surface area contributed by atoms with Gasteiger partial charge in [0.1, 0.15) is 0 Å². The van der Waals surface area contributed by atoms with E-state index >= 15 is 0 Å². The van der Waals surface area contributed by atoms with Crippen LogP contribution in [0.25, 0.3) is 32.7 Å². The zero-order chi connectivity index (χ0) is 28.9. The van der Waals surface area contributed by atoms with Crippen molar-refractivity contribution in [3.63, 3.8) is 0 Å². The molecule has 4 aromatic carbocycles. The number of benzene rings is 4. The van der Waals surface area contributed by atoms with Crippen LogP contribution in [0.1, 0.15) is 61.8 Å². The number of fused-ring (bicyclic) bond motifs is 10. The second-order valence-corrected chi connectivity index (χ2v) is 12.9. The van der Waals surface area contributed by atoms with Crippen molar-refractivity contribution in [1.29, 1.82) is 0 Å². The van der Waals surface area contributed by atoms with Gasteiger partial charge in [0.2, 0.25) is 0 Å². The first kappa shape index (κ1) is 34.1. The van der Waals surface area contributed by atoms with Gasteiger partial charge in [-0.15, -0.1) is 46.6 Å². The smallest absolute Gasteiger partial charge is 0.0263 e. The Morgan fingerprint density at radius 3 is 1.48 bits per heavy atom. The minimum atomic E-state index is 0. The summed E-state index contributed by atoms with van der Waals surface area (Å²) < 4.78 is 1.75. The van der Waals surface area contributed by atoms with Gasteiger partial charge >= 0.3 is 67.0 Å². The maximum atomic E-state index is 3.37. The van der Waals surface area contributed by atoms with E-state index in [0.29, 0.717) is 0 Å². The van der Waals surface area contributed by atoms with Gasteiger partial charge in [0, 0.05) is 0 Å². The SMILES string of the molecule is CCC[C](=[Zr+2])CCC.[C-]1=C2C(=CCc3ccc4ccccc4c32)C=C1.[C-]1=C2C(=CCc3ccc4ccccc4c32)C=C1.[Cl-].[Cl-]. The van der Waals surface area contributed by atoms with E-state index in [0.717, 1.165) is 12.8 Å². The summed E-state index contributed by atoms with van der Waals surface area (Å²) in [6, 6.07) is 26.1. The summed E-state index contributed by atoms with van der Waals surface area (Å²) in [5.41, 5.74) is 10.8. The molecule has 44 heavy (non-hydrogen) atoms. The van der Waals surface area contributed by atoms with Crippen LogP contribution in [-0.4, -0.2) is 3.21 Å². The van der Waals surface area contributed by atoms with Crippen LogP contribution in [0.4, 0.5) is 0 Å². The molecule has 0 atom stereocenters. The molecule has 0 heterocycles. The van der Waals surface area contributed by atoms with E-state index in [-0.39, 0.29) is 24.8 Å². The van der Waals surface area contributed by atoms with Gasteiger partial charge in [-0.2, -0.15) is 24.3 Å². The van der Waals surface area contributed by atoms with E-state index in [4.69, 9.17) is 0 Å². The van der Waals surface area contributed by atoms with Crippen LogP contribution in [0.3, 0.4) is 0 Å². The number of hydrogen-bond acceptors (Lipinski definition) is 0. The van der Waals surface area contributed by atoms with Gasteiger partial charge < -0.3 is 24.8 Å². The summed E-state index contributed by atoms with van der Waals surface area (Å²) in [6.07, 6.45) is 27.2. The molecule has 4 aliphatic carbocycles. The molecular weight excluding hydrogens is 655 g/mol. The Morgan fingerprint density at radius 2 is 1.05 bits per heavy atom. The number of hydrogen-bond donors (Lipinski definition) is 0. The molecule has 0 aromatic heterocycles. The van der Waals surface area contributed by atoms with Crippen molar-refractivity contribution in [3.05, 3.63) is 155 Å². The van der Waals surface area contributed by atoms with Crippen molar-refractivity contribution >= 4 is 35.9 Å². The predicted molar refractivity (Wildman–Crippen MR) is 178 cm³/mol. The first-order valence-corrected chi connectivity index (χ1v) is 16.5. The fourth-order valence-corrected chi connectivity index (χ4v) is 7.50. The van der Waals surface area contributed by atoms with E-state index in [2.05, 4.69) is 123 Å². The molecule has 0 spiro atoms. The summed E-state index contributed by atoms with van der Waals surface area (Å²) >= 11 is 1.65. The molecule has 0 fully saturated rings. The van der Waals surface area contributed by atoms with Gasteiger partial charge in [-0.05, 0) is 23.6 Å². The molecule has 0 unspecified atom stereocenters. The molecule has 4 aliphatic rings. The Bertz CT molecular complexity index is 1730. The molecule has 0 saturated carbocycles. The van der Waals surface area contributed by atoms with Crippen molar-refractivity contribution < 1.29 is 49.0 Å². The summed E-state index contributed by atoms with van der Waals surface area (Å²) in [5.74, 6) is 0. The van der Waals surface area contributed by atoms with E-state index in [1.165, 1.54) is 91.8 Å². The second-order valence-electron chi connectivity index (χ2n) is 11.2. The first-order valence-electron chi connectivity index (χ1n) is 15.3. The minimum absolute atomic E-state index is 0. The third kappa shape index (κ3) is 7.18. The maximum absolute atomic E-state index is 3.37. The predicted octanol–water partition coefficient (Wildman–Crippen LogP) is 4.47. The largest absolute Gasteiger partial charge is 1.00 e. The molecule has 4 aromatic rings. The molecule has 0 saturated heterocycles. The summed E-state index contributed by atoms with van der Waals surface area (Å²) in [7, 11) is 0. The van der Waals surface area contributed by atoms with E-state index in [1.54, 1.807) is 27.4 Å². The molecule has 0 radical (unpaired) electrons. The average molecular weight is 691 g/mol. The molecule has 0 amide bonds. The first-order chi connectivity index (χ1) is 20.7. The van der Waals surface area contributed by atoms with E-state index in [1.807, 2.05) is 12.2 Å². The van der Waals surface area contributed by atoms with Crippen LogP contribution in [-0.2, 0) is 37.1 Å². The van der Waals surface area contributed by atoms with Crippen molar-refractivity contribution in [2.75, 3.05) is 0 Å². The van der Waals surface area contributed by atoms with Gasteiger partial charge in [0.05, 0.1) is 0 Å². The second kappa shape index (κ2) is 15.9. The fraction of sp³-hybridized carbons (Fsp3) is 0.195.